The fraction of sp³-hybridized carbons (Fsp3) is 0.182. The summed E-state index contributed by atoms with van der Waals surface area (Å²) >= 11 is 6.13. The lowest BCUT2D eigenvalue weighted by Crippen LogP contribution is -2.20. The lowest BCUT2D eigenvalue weighted by atomic mass is 10.2. The minimum Gasteiger partial charge on any atom is -0.493 e. The molecule has 0 saturated carbocycles. The first-order chi connectivity index (χ1) is 15.0. The van der Waals surface area contributed by atoms with Gasteiger partial charge in [0.05, 0.1) is 26.4 Å². The average Bonchev–Trinajstić information content (AvgIpc) is 3.27. The van der Waals surface area contributed by atoms with Crippen LogP contribution in [0.5, 0.6) is 17.2 Å². The summed E-state index contributed by atoms with van der Waals surface area (Å²) in [6.45, 7) is -0.516. The SMILES string of the molecule is COc1cc(NC(=O)COC(=O)c2ccc(-c3ccccc3Cl)o2)cc(OC)c1OC. The summed E-state index contributed by atoms with van der Waals surface area (Å²) in [4.78, 5) is 24.5. The van der Waals surface area contributed by atoms with Crippen molar-refractivity contribution in [3.8, 4) is 28.6 Å². The second kappa shape index (κ2) is 9.90. The number of rotatable bonds is 8. The Morgan fingerprint density at radius 3 is 2.26 bits per heavy atom. The van der Waals surface area contributed by atoms with E-state index in [4.69, 9.17) is 35.0 Å². The molecule has 0 aliphatic rings. The zero-order chi connectivity index (χ0) is 22.4. The molecule has 0 saturated heterocycles. The van der Waals surface area contributed by atoms with E-state index in [9.17, 15) is 9.59 Å². The molecule has 0 atom stereocenters. The van der Waals surface area contributed by atoms with Crippen molar-refractivity contribution >= 4 is 29.2 Å². The number of esters is 1. The Labute approximate surface area is 183 Å². The molecule has 31 heavy (non-hydrogen) atoms. The summed E-state index contributed by atoms with van der Waals surface area (Å²) in [7, 11) is 4.40. The first-order valence-electron chi connectivity index (χ1n) is 9.08. The van der Waals surface area contributed by atoms with Gasteiger partial charge in [-0.15, -0.1) is 0 Å². The van der Waals surface area contributed by atoms with Gasteiger partial charge in [-0.25, -0.2) is 4.79 Å². The molecular weight excluding hydrogens is 426 g/mol. The Morgan fingerprint density at radius 2 is 1.65 bits per heavy atom. The number of halogens is 1. The van der Waals surface area contributed by atoms with E-state index in [-0.39, 0.29) is 5.76 Å². The maximum atomic E-state index is 12.2. The lowest BCUT2D eigenvalue weighted by molar-refractivity contribution is -0.119. The molecule has 0 unspecified atom stereocenters. The second-order valence-corrected chi connectivity index (χ2v) is 6.59. The lowest BCUT2D eigenvalue weighted by Gasteiger charge is -2.14. The van der Waals surface area contributed by atoms with E-state index in [1.54, 1.807) is 42.5 Å². The zero-order valence-corrected chi connectivity index (χ0v) is 17.8. The van der Waals surface area contributed by atoms with Crippen molar-refractivity contribution in [1.29, 1.82) is 0 Å². The fourth-order valence-corrected chi connectivity index (χ4v) is 3.03. The van der Waals surface area contributed by atoms with Gasteiger partial charge >= 0.3 is 5.97 Å². The van der Waals surface area contributed by atoms with Crippen LogP contribution in [0.15, 0.2) is 52.9 Å². The smallest absolute Gasteiger partial charge is 0.374 e. The van der Waals surface area contributed by atoms with Crippen LogP contribution < -0.4 is 19.5 Å². The van der Waals surface area contributed by atoms with Gasteiger partial charge in [-0.2, -0.15) is 0 Å². The Morgan fingerprint density at radius 1 is 0.968 bits per heavy atom. The predicted octanol–water partition coefficient (Wildman–Crippen LogP) is 4.42. The molecule has 0 spiro atoms. The van der Waals surface area contributed by atoms with E-state index in [0.29, 0.717) is 39.3 Å². The van der Waals surface area contributed by atoms with Crippen LogP contribution in [0, 0.1) is 0 Å². The predicted molar refractivity (Wildman–Crippen MR) is 114 cm³/mol. The van der Waals surface area contributed by atoms with Crippen molar-refractivity contribution < 1.29 is 33.0 Å². The van der Waals surface area contributed by atoms with Crippen LogP contribution in [-0.4, -0.2) is 39.8 Å². The number of methoxy groups -OCH3 is 3. The molecule has 1 heterocycles. The number of carbonyl (C=O) groups excluding carboxylic acids is 2. The molecule has 0 aliphatic heterocycles. The highest BCUT2D eigenvalue weighted by Gasteiger charge is 2.18. The monoisotopic (exact) mass is 445 g/mol. The van der Waals surface area contributed by atoms with Crippen molar-refractivity contribution in [1.82, 2.24) is 0 Å². The first kappa shape index (κ1) is 22.0. The normalized spacial score (nSPS) is 10.3. The number of hydrogen-bond donors (Lipinski definition) is 1. The molecule has 8 nitrogen and oxygen atoms in total. The van der Waals surface area contributed by atoms with Gasteiger partial charge in [-0.3, -0.25) is 4.79 Å². The van der Waals surface area contributed by atoms with Gasteiger partial charge in [0.1, 0.15) is 5.76 Å². The number of benzene rings is 2. The van der Waals surface area contributed by atoms with Gasteiger partial charge < -0.3 is 28.7 Å². The van der Waals surface area contributed by atoms with E-state index in [2.05, 4.69) is 5.32 Å². The van der Waals surface area contributed by atoms with Crippen molar-refractivity contribution in [3.63, 3.8) is 0 Å². The molecule has 0 aliphatic carbocycles. The average molecular weight is 446 g/mol. The third-order valence-corrected chi connectivity index (χ3v) is 4.56. The highest BCUT2D eigenvalue weighted by atomic mass is 35.5. The Balaban J connectivity index is 1.63. The van der Waals surface area contributed by atoms with Gasteiger partial charge in [0.25, 0.3) is 5.91 Å². The summed E-state index contributed by atoms with van der Waals surface area (Å²) in [6.07, 6.45) is 0. The number of ether oxygens (including phenoxy) is 4. The molecule has 2 aromatic carbocycles. The van der Waals surface area contributed by atoms with Gasteiger partial charge in [-0.1, -0.05) is 23.7 Å². The van der Waals surface area contributed by atoms with Crippen LogP contribution in [0.4, 0.5) is 5.69 Å². The van der Waals surface area contributed by atoms with E-state index < -0.39 is 18.5 Å². The highest BCUT2D eigenvalue weighted by Crippen LogP contribution is 2.39. The van der Waals surface area contributed by atoms with Crippen LogP contribution in [0.1, 0.15) is 10.6 Å². The standard InChI is InChI=1S/C22H20ClNO7/c1-27-18-10-13(11-19(28-2)21(18)29-3)24-20(25)12-30-22(26)17-9-8-16(31-17)14-6-4-5-7-15(14)23/h4-11H,12H2,1-3H3,(H,24,25). The number of nitrogens with one attached hydrogen (secondary N) is 1. The molecule has 3 rings (SSSR count). The van der Waals surface area contributed by atoms with Gasteiger partial charge in [0, 0.05) is 23.4 Å². The van der Waals surface area contributed by atoms with Crippen LogP contribution in [0.2, 0.25) is 5.02 Å². The van der Waals surface area contributed by atoms with Crippen LogP contribution in [0.3, 0.4) is 0 Å². The van der Waals surface area contributed by atoms with E-state index in [0.717, 1.165) is 0 Å². The molecule has 1 amide bonds. The largest absolute Gasteiger partial charge is 0.493 e. The van der Waals surface area contributed by atoms with Crippen molar-refractivity contribution in [2.75, 3.05) is 33.3 Å². The molecule has 0 radical (unpaired) electrons. The van der Waals surface area contributed by atoms with Gasteiger partial charge in [0.2, 0.25) is 11.5 Å². The van der Waals surface area contributed by atoms with Gasteiger partial charge in [0.15, 0.2) is 18.1 Å². The zero-order valence-electron chi connectivity index (χ0n) is 17.1. The molecular formula is C22H20ClNO7. The van der Waals surface area contributed by atoms with Crippen LogP contribution in [0.25, 0.3) is 11.3 Å². The Bertz CT molecular complexity index is 1070. The maximum absolute atomic E-state index is 12.2. The minimum atomic E-state index is -0.779. The second-order valence-electron chi connectivity index (χ2n) is 6.18. The number of hydrogen-bond acceptors (Lipinski definition) is 7. The van der Waals surface area contributed by atoms with Crippen LogP contribution in [-0.2, 0) is 9.53 Å². The Kier molecular flexibility index (Phi) is 7.04. The number of amides is 1. The summed E-state index contributed by atoms with van der Waals surface area (Å²) in [5.74, 6) is 0.170. The minimum absolute atomic E-state index is 0.0458. The molecule has 0 fully saturated rings. The molecule has 162 valence electrons. The summed E-state index contributed by atoms with van der Waals surface area (Å²) in [5, 5.41) is 3.10. The number of furan rings is 1. The fourth-order valence-electron chi connectivity index (χ4n) is 2.81. The molecule has 3 aromatic rings. The quantitative estimate of drug-likeness (QED) is 0.512. The molecule has 1 aromatic heterocycles. The van der Waals surface area contributed by atoms with Crippen LogP contribution >= 0.6 is 11.6 Å². The summed E-state index contributed by atoms with van der Waals surface area (Å²) < 4.78 is 26.3. The molecule has 1 N–H and O–H groups in total. The Hall–Kier alpha value is -3.65. The van der Waals surface area contributed by atoms with E-state index >= 15 is 0 Å². The molecule has 0 bridgehead atoms. The topological polar surface area (TPSA) is 96.2 Å². The maximum Gasteiger partial charge on any atom is 0.374 e. The number of carbonyl (C=O) groups is 2. The third-order valence-electron chi connectivity index (χ3n) is 4.23. The van der Waals surface area contributed by atoms with E-state index in [1.165, 1.54) is 27.4 Å². The number of anilines is 1. The highest BCUT2D eigenvalue weighted by molar-refractivity contribution is 6.33. The molecule has 9 heteroatoms. The first-order valence-corrected chi connectivity index (χ1v) is 9.46. The summed E-state index contributed by atoms with van der Waals surface area (Å²) in [5.41, 5.74) is 1.03. The van der Waals surface area contributed by atoms with Crippen molar-refractivity contribution in [3.05, 3.63) is 59.3 Å². The summed E-state index contributed by atoms with van der Waals surface area (Å²) in [6, 6.07) is 13.2. The van der Waals surface area contributed by atoms with Gasteiger partial charge in [-0.05, 0) is 24.3 Å². The van der Waals surface area contributed by atoms with Crippen molar-refractivity contribution in [2.45, 2.75) is 0 Å². The third kappa shape index (κ3) is 5.10. The van der Waals surface area contributed by atoms with E-state index in [1.807, 2.05) is 0 Å². The van der Waals surface area contributed by atoms with Crippen molar-refractivity contribution in [2.24, 2.45) is 0 Å².